The molecule has 4 aliphatic rings. The van der Waals surface area contributed by atoms with Crippen molar-refractivity contribution >= 4 is 33.9 Å². The zero-order valence-corrected chi connectivity index (χ0v) is 72.0. The number of piperidine rings is 3. The average molecular weight is 1610 g/mol. The molecule has 0 spiro atoms. The second-order valence-corrected chi connectivity index (χ2v) is 33.4. The molecule has 4 fully saturated rings. The molecule has 11 rings (SSSR count). The number of hydrogen-bond donors (Lipinski definition) is 5. The van der Waals surface area contributed by atoms with Gasteiger partial charge in [0.05, 0.1) is 30.4 Å². The van der Waals surface area contributed by atoms with E-state index in [0.29, 0.717) is 74.9 Å². The zero-order chi connectivity index (χ0) is 83.8. The normalized spacial score (nSPS) is 15.3. The van der Waals surface area contributed by atoms with E-state index < -0.39 is 38.3 Å². The number of benzene rings is 5. The van der Waals surface area contributed by atoms with Crippen molar-refractivity contribution in [2.24, 2.45) is 0 Å². The average Bonchev–Trinajstić information content (AvgIpc) is 0.769. The molecule has 2 aromatic heterocycles. The predicted molar refractivity (Wildman–Crippen MR) is 450 cm³/mol. The summed E-state index contributed by atoms with van der Waals surface area (Å²) in [4.78, 5) is 82.3. The fourth-order valence-electron chi connectivity index (χ4n) is 12.5. The van der Waals surface area contributed by atoms with Gasteiger partial charge >= 0.3 is 23.6 Å². The monoisotopic (exact) mass is 1610 g/mol. The van der Waals surface area contributed by atoms with Gasteiger partial charge in [-0.05, 0) is 261 Å². The van der Waals surface area contributed by atoms with Crippen molar-refractivity contribution in [2.45, 2.75) is 269 Å². The minimum Gasteiger partial charge on any atom is -0.508 e. The first-order valence-corrected chi connectivity index (χ1v) is 42.0. The van der Waals surface area contributed by atoms with E-state index in [2.05, 4.69) is 138 Å². The van der Waals surface area contributed by atoms with Crippen LogP contribution < -0.4 is 41.4 Å². The number of carbonyl (C=O) groups excluding carboxylic acids is 2. The SMILES string of the molecule is CC(C)(C)OC(=O)N1CCC(OS(C)(=O)=O)CC1.CCCC(CC)Oc1cccc(C)c1C.Cc1cccc(O)c1C.Cc1cccc(OC2CCCCC2)c1C.Cc1cccc(OC2CCN(C(=O)OC(C)(C)C)CC2)c1C.Cc1cccc(OC2CCN(Cc3cc(=O)[nH]c(=O)[nH]3)CC2)c1C.O=c1cc(CCl)[nH]c(=O)[nH]1. The van der Waals surface area contributed by atoms with Gasteiger partial charge in [0.2, 0.25) is 0 Å². The highest BCUT2D eigenvalue weighted by atomic mass is 35.5. The maximum Gasteiger partial charge on any atom is 0.410 e. The molecule has 113 heavy (non-hydrogen) atoms. The van der Waals surface area contributed by atoms with Crippen LogP contribution in [0.2, 0.25) is 0 Å². The number of alkyl halides is 1. The number of rotatable bonds is 16. The number of aromatic hydroxyl groups is 1. The van der Waals surface area contributed by atoms with E-state index >= 15 is 0 Å². The predicted octanol–water partition coefficient (Wildman–Crippen LogP) is 17.3. The molecule has 5 N–H and O–H groups in total. The topological polar surface area (TPSA) is 294 Å². The molecule has 0 radical (unpaired) electrons. The van der Waals surface area contributed by atoms with Gasteiger partial charge in [-0.2, -0.15) is 8.42 Å². The molecule has 1 unspecified atom stereocenters. The van der Waals surface area contributed by atoms with E-state index in [1.807, 2.05) is 96.8 Å². The first-order chi connectivity index (χ1) is 53.2. The van der Waals surface area contributed by atoms with Gasteiger partial charge in [-0.15, -0.1) is 11.6 Å². The highest BCUT2D eigenvalue weighted by molar-refractivity contribution is 7.86. The number of aromatic amines is 4. The summed E-state index contributed by atoms with van der Waals surface area (Å²) in [5.74, 6) is 4.58. The van der Waals surface area contributed by atoms with Gasteiger partial charge in [-0.25, -0.2) is 19.2 Å². The third kappa shape index (κ3) is 35.2. The quantitative estimate of drug-likeness (QED) is 0.0444. The van der Waals surface area contributed by atoms with Crippen LogP contribution in [0.3, 0.4) is 0 Å². The van der Waals surface area contributed by atoms with Crippen molar-refractivity contribution in [3.63, 3.8) is 0 Å². The first-order valence-electron chi connectivity index (χ1n) is 39.7. The lowest BCUT2D eigenvalue weighted by Crippen LogP contribution is -2.44. The second-order valence-electron chi connectivity index (χ2n) is 31.5. The summed E-state index contributed by atoms with van der Waals surface area (Å²) in [5.41, 5.74) is 10.5. The van der Waals surface area contributed by atoms with Crippen LogP contribution in [0.5, 0.6) is 28.7 Å². The number of phenolic OH excluding ortho intramolecular Hbond substituents is 1. The van der Waals surface area contributed by atoms with Crippen LogP contribution in [0, 0.1) is 69.2 Å². The lowest BCUT2D eigenvalue weighted by molar-refractivity contribution is 0.0117. The van der Waals surface area contributed by atoms with Crippen LogP contribution >= 0.6 is 11.6 Å². The molecular weight excluding hydrogens is 1480 g/mol. The number of phenols is 1. The fourth-order valence-corrected chi connectivity index (χ4v) is 13.4. The Hall–Kier alpha value is -8.84. The number of halogens is 1. The molecule has 2 amide bonds. The number of carbonyl (C=O) groups is 2. The molecule has 25 heteroatoms. The number of hydrogen-bond acceptors (Lipinski definition) is 17. The molecule has 1 aliphatic carbocycles. The molecule has 7 aromatic rings. The third-order valence-electron chi connectivity index (χ3n) is 19.8. The van der Waals surface area contributed by atoms with E-state index in [1.54, 1.807) is 15.9 Å². The maximum atomic E-state index is 12.0. The van der Waals surface area contributed by atoms with E-state index in [9.17, 15) is 37.2 Å². The van der Waals surface area contributed by atoms with Crippen molar-refractivity contribution in [3.8, 4) is 28.7 Å². The standard InChI is InChI=1S/C18H23N3O3.C18H27NO3.C14H20O.C14H22O.C11H21NO5S.C8H10O.C5H5ClN2O2/c1-12-4-3-5-16(13(12)2)24-15-6-8-21(9-7-15)11-14-10-17(22)20-18(23)19-14;1-13-7-6-8-16(14(13)2)21-15-9-11-19(12-10-15)17(20)22-18(3,4)5;1-11-7-6-10-14(12(11)2)15-13-8-4-3-5-9-13;1-5-8-13(6-2)15-14-10-7-9-11(3)12(14)4;1-11(2,3)16-10(13)12-7-5-9(6-8-12)17-18(4,14)15;1-6-4-3-5-8(9)7(6)2;6-2-3-1-4(9)8-5(10)7-3/h3-5,10,15H,6-9,11H2,1-2H3,(H2,19,20,22,23);6-8,15H,9-12H2,1-5H3;6-7,10,13H,3-5,8-9H2,1-2H3;7,9-10,13H,5-6,8H2,1-4H3;9H,5-8H2,1-4H3;3-5,9H,1-2H3;1H,2H2,(H2,7,8,9,10). The Kier molecular flexibility index (Phi) is 39.0. The van der Waals surface area contributed by atoms with Gasteiger partial charge in [-0.3, -0.25) is 28.6 Å². The molecule has 3 aliphatic heterocycles. The summed E-state index contributed by atoms with van der Waals surface area (Å²) in [7, 11) is -3.42. The summed E-state index contributed by atoms with van der Waals surface area (Å²) >= 11 is 5.35. The Labute approximate surface area is 675 Å². The molecule has 3 saturated heterocycles. The van der Waals surface area contributed by atoms with Gasteiger partial charge < -0.3 is 53.3 Å². The summed E-state index contributed by atoms with van der Waals surface area (Å²) < 4.78 is 61.9. The molecule has 1 atom stereocenters. The summed E-state index contributed by atoms with van der Waals surface area (Å²) in [6.45, 7) is 40.9. The van der Waals surface area contributed by atoms with Gasteiger partial charge in [0.25, 0.3) is 21.2 Å². The smallest absolute Gasteiger partial charge is 0.410 e. The number of aromatic nitrogens is 4. The number of H-pyrrole nitrogens is 4. The molecule has 5 heterocycles. The number of aryl methyl sites for hydroxylation is 5. The minimum absolute atomic E-state index is 0.138. The second kappa shape index (κ2) is 46.5. The van der Waals surface area contributed by atoms with Crippen LogP contribution in [0.4, 0.5) is 9.59 Å². The van der Waals surface area contributed by atoms with Crippen molar-refractivity contribution in [2.75, 3.05) is 45.5 Å². The van der Waals surface area contributed by atoms with Gasteiger partial charge in [0.15, 0.2) is 0 Å². The Morgan fingerprint density at radius 3 is 1.20 bits per heavy atom. The number of ether oxygens (including phenoxy) is 6. The molecule has 23 nitrogen and oxygen atoms in total. The zero-order valence-electron chi connectivity index (χ0n) is 70.5. The van der Waals surface area contributed by atoms with Crippen molar-refractivity contribution in [3.05, 3.63) is 212 Å². The molecule has 5 aromatic carbocycles. The third-order valence-corrected chi connectivity index (χ3v) is 20.7. The number of likely N-dealkylation sites (tertiary alicyclic amines) is 3. The van der Waals surface area contributed by atoms with Crippen LogP contribution in [-0.2, 0) is 36.2 Å². The largest absolute Gasteiger partial charge is 0.508 e. The Balaban J connectivity index is 0.000000241. The summed E-state index contributed by atoms with van der Waals surface area (Å²) in [5, 5.41) is 9.10. The fraction of sp³-hybridized carbons (Fsp3) is 0.545. The Bertz CT molecular complexity index is 4320. The van der Waals surface area contributed by atoms with Crippen LogP contribution in [-0.4, -0.2) is 148 Å². The number of nitrogens with zero attached hydrogens (tertiary/aromatic N) is 3. The number of amides is 2. The van der Waals surface area contributed by atoms with Crippen molar-refractivity contribution < 1.29 is 55.7 Å². The maximum absolute atomic E-state index is 12.0. The molecular formula is C88H128ClN7O16S. The molecule has 1 saturated carbocycles. The van der Waals surface area contributed by atoms with Crippen molar-refractivity contribution in [1.29, 1.82) is 0 Å². The lowest BCUT2D eigenvalue weighted by Gasteiger charge is -2.33. The highest BCUT2D eigenvalue weighted by Gasteiger charge is 2.31. The minimum atomic E-state index is -3.42. The lowest BCUT2D eigenvalue weighted by atomic mass is 9.97. The summed E-state index contributed by atoms with van der Waals surface area (Å²) in [6.07, 6.45) is 15.8. The highest BCUT2D eigenvalue weighted by Crippen LogP contribution is 2.31. The molecule has 624 valence electrons. The summed E-state index contributed by atoms with van der Waals surface area (Å²) in [6, 6.07) is 33.1. The Morgan fingerprint density at radius 2 is 0.841 bits per heavy atom. The van der Waals surface area contributed by atoms with E-state index in [-0.39, 0.29) is 41.9 Å². The van der Waals surface area contributed by atoms with Gasteiger partial charge in [0, 0.05) is 82.2 Å². The molecule has 0 bridgehead atoms. The van der Waals surface area contributed by atoms with Crippen molar-refractivity contribution in [1.82, 2.24) is 34.6 Å². The number of nitrogens with one attached hydrogen (secondary N) is 4. The van der Waals surface area contributed by atoms with E-state index in [4.69, 9.17) is 49.3 Å². The Morgan fingerprint density at radius 1 is 0.487 bits per heavy atom. The van der Waals surface area contributed by atoms with E-state index in [0.717, 1.165) is 92.0 Å². The van der Waals surface area contributed by atoms with Crippen LogP contribution in [0.25, 0.3) is 0 Å². The first kappa shape index (κ1) is 94.8. The van der Waals surface area contributed by atoms with Gasteiger partial charge in [0.1, 0.15) is 52.2 Å². The van der Waals surface area contributed by atoms with Crippen LogP contribution in [0.1, 0.15) is 212 Å². The van der Waals surface area contributed by atoms with Gasteiger partial charge in [-0.1, -0.05) is 87.4 Å². The van der Waals surface area contributed by atoms with E-state index in [1.165, 1.54) is 95.2 Å². The van der Waals surface area contributed by atoms with Crippen LogP contribution in [0.15, 0.2) is 122 Å².